The first-order chi connectivity index (χ1) is 13.9. The molecule has 2 aliphatic rings. The van der Waals surface area contributed by atoms with E-state index in [0.717, 1.165) is 28.9 Å². The number of hydrogen-bond donors (Lipinski definition) is 3. The standard InChI is InChI=1S/C23H27ClO5/c1-2-28-17-7-4-14(5-8-17)12-16-13-15(6-9-18(16)24)21-19(25)20(26)22(27)23(29-21)10-3-11-23/h4-9,13,19-22,25-27H,2-3,10-12H2,1H3. The van der Waals surface area contributed by atoms with Crippen LogP contribution in [-0.4, -0.2) is 45.8 Å². The Labute approximate surface area is 175 Å². The molecule has 3 N–H and O–H groups in total. The molecule has 2 aromatic carbocycles. The highest BCUT2D eigenvalue weighted by molar-refractivity contribution is 6.31. The van der Waals surface area contributed by atoms with Crippen molar-refractivity contribution in [2.75, 3.05) is 6.61 Å². The van der Waals surface area contributed by atoms with Crippen molar-refractivity contribution >= 4 is 11.6 Å². The minimum Gasteiger partial charge on any atom is -0.494 e. The van der Waals surface area contributed by atoms with Crippen LogP contribution in [0.25, 0.3) is 0 Å². The van der Waals surface area contributed by atoms with Gasteiger partial charge in [0.05, 0.1) is 12.2 Å². The van der Waals surface area contributed by atoms with Crippen molar-refractivity contribution < 1.29 is 24.8 Å². The lowest BCUT2D eigenvalue weighted by Crippen LogP contribution is -2.64. The zero-order valence-electron chi connectivity index (χ0n) is 16.4. The highest BCUT2D eigenvalue weighted by Gasteiger charge is 2.56. The fourth-order valence-electron chi connectivity index (χ4n) is 4.27. The molecule has 2 fully saturated rings. The molecule has 156 valence electrons. The predicted molar refractivity (Wildman–Crippen MR) is 110 cm³/mol. The van der Waals surface area contributed by atoms with E-state index in [2.05, 4.69) is 0 Å². The largest absolute Gasteiger partial charge is 0.494 e. The number of benzene rings is 2. The van der Waals surface area contributed by atoms with E-state index < -0.39 is 30.0 Å². The molecule has 5 nitrogen and oxygen atoms in total. The molecule has 4 atom stereocenters. The average Bonchev–Trinajstić information content (AvgIpc) is 2.69. The van der Waals surface area contributed by atoms with Crippen LogP contribution in [0.1, 0.15) is 49.0 Å². The Balaban J connectivity index is 1.57. The van der Waals surface area contributed by atoms with Crippen LogP contribution in [0.5, 0.6) is 5.75 Å². The topological polar surface area (TPSA) is 79.2 Å². The SMILES string of the molecule is CCOc1ccc(Cc2cc(C3OC4(CCC4)C(O)C(O)C3O)ccc2Cl)cc1. The van der Waals surface area contributed by atoms with Gasteiger partial charge < -0.3 is 24.8 Å². The first-order valence-corrected chi connectivity index (χ1v) is 10.5. The molecule has 2 aromatic rings. The molecule has 0 bridgehead atoms. The molecule has 0 aromatic heterocycles. The number of rotatable bonds is 5. The van der Waals surface area contributed by atoms with Crippen LogP contribution in [0.4, 0.5) is 0 Å². The molecular weight excluding hydrogens is 392 g/mol. The van der Waals surface area contributed by atoms with Crippen LogP contribution in [0, 0.1) is 0 Å². The van der Waals surface area contributed by atoms with Gasteiger partial charge in [-0.2, -0.15) is 0 Å². The predicted octanol–water partition coefficient (Wildman–Crippen LogP) is 3.41. The molecule has 1 saturated heterocycles. The van der Waals surface area contributed by atoms with E-state index in [1.54, 1.807) is 6.07 Å². The van der Waals surface area contributed by atoms with Gasteiger partial charge in [-0.15, -0.1) is 0 Å². The van der Waals surface area contributed by atoms with Crippen LogP contribution in [0.15, 0.2) is 42.5 Å². The molecule has 1 aliphatic carbocycles. The van der Waals surface area contributed by atoms with Crippen molar-refractivity contribution in [3.05, 3.63) is 64.2 Å². The minimum atomic E-state index is -1.24. The number of halogens is 1. The molecule has 1 heterocycles. The summed E-state index contributed by atoms with van der Waals surface area (Å²) in [6.07, 6.45) is -1.28. The van der Waals surface area contributed by atoms with Crippen molar-refractivity contribution in [2.45, 2.75) is 62.6 Å². The molecular formula is C23H27ClO5. The van der Waals surface area contributed by atoms with E-state index >= 15 is 0 Å². The highest BCUT2D eigenvalue weighted by atomic mass is 35.5. The fourth-order valence-corrected chi connectivity index (χ4v) is 4.46. The van der Waals surface area contributed by atoms with Gasteiger partial charge in [0.2, 0.25) is 0 Å². The van der Waals surface area contributed by atoms with Gasteiger partial charge in [0.25, 0.3) is 0 Å². The summed E-state index contributed by atoms with van der Waals surface area (Å²) in [6.45, 7) is 2.57. The number of aliphatic hydroxyl groups is 3. The molecule has 4 unspecified atom stereocenters. The summed E-state index contributed by atoms with van der Waals surface area (Å²) in [5, 5.41) is 32.0. The Morgan fingerprint density at radius 2 is 1.79 bits per heavy atom. The fraction of sp³-hybridized carbons (Fsp3) is 0.478. The van der Waals surface area contributed by atoms with Crippen molar-refractivity contribution in [1.29, 1.82) is 0 Å². The van der Waals surface area contributed by atoms with Crippen molar-refractivity contribution in [3.63, 3.8) is 0 Å². The lowest BCUT2D eigenvalue weighted by Gasteiger charge is -2.53. The zero-order chi connectivity index (χ0) is 20.6. The lowest BCUT2D eigenvalue weighted by molar-refractivity contribution is -0.293. The Morgan fingerprint density at radius 1 is 1.07 bits per heavy atom. The van der Waals surface area contributed by atoms with Crippen LogP contribution in [-0.2, 0) is 11.2 Å². The molecule has 4 rings (SSSR count). The summed E-state index contributed by atoms with van der Waals surface area (Å²) in [7, 11) is 0. The van der Waals surface area contributed by atoms with Crippen LogP contribution >= 0.6 is 11.6 Å². The number of ether oxygens (including phenoxy) is 2. The molecule has 0 amide bonds. The second-order valence-electron chi connectivity index (χ2n) is 7.99. The van der Waals surface area contributed by atoms with E-state index in [9.17, 15) is 15.3 Å². The van der Waals surface area contributed by atoms with Gasteiger partial charge in [-0.05, 0) is 67.5 Å². The third-order valence-corrected chi connectivity index (χ3v) is 6.48. The van der Waals surface area contributed by atoms with E-state index in [1.807, 2.05) is 43.3 Å². The normalized spacial score (nSPS) is 28.2. The first kappa shape index (κ1) is 20.6. The molecule has 0 radical (unpaired) electrons. The van der Waals surface area contributed by atoms with Crippen molar-refractivity contribution in [2.24, 2.45) is 0 Å². The van der Waals surface area contributed by atoms with Crippen molar-refractivity contribution in [3.8, 4) is 5.75 Å². The van der Waals surface area contributed by atoms with Gasteiger partial charge in [-0.25, -0.2) is 0 Å². The van der Waals surface area contributed by atoms with Gasteiger partial charge in [-0.1, -0.05) is 35.9 Å². The quantitative estimate of drug-likeness (QED) is 0.693. The Hall–Kier alpha value is -1.63. The van der Waals surface area contributed by atoms with E-state index in [-0.39, 0.29) is 0 Å². The maximum Gasteiger partial charge on any atom is 0.119 e. The average molecular weight is 419 g/mol. The highest BCUT2D eigenvalue weighted by Crippen LogP contribution is 2.48. The maximum absolute atomic E-state index is 10.6. The van der Waals surface area contributed by atoms with E-state index in [0.29, 0.717) is 30.9 Å². The molecule has 1 saturated carbocycles. The second kappa shape index (κ2) is 8.25. The summed E-state index contributed by atoms with van der Waals surface area (Å²) in [5.41, 5.74) is 1.98. The van der Waals surface area contributed by atoms with Crippen LogP contribution < -0.4 is 4.74 Å². The summed E-state index contributed by atoms with van der Waals surface area (Å²) < 4.78 is 11.6. The third-order valence-electron chi connectivity index (χ3n) is 6.11. The van der Waals surface area contributed by atoms with Gasteiger partial charge in [0.15, 0.2) is 0 Å². The maximum atomic E-state index is 10.6. The molecule has 1 spiro atoms. The second-order valence-corrected chi connectivity index (χ2v) is 8.39. The third kappa shape index (κ3) is 3.90. The lowest BCUT2D eigenvalue weighted by atomic mass is 9.70. The molecule has 1 aliphatic heterocycles. The van der Waals surface area contributed by atoms with E-state index in [1.165, 1.54) is 0 Å². The summed E-state index contributed by atoms with van der Waals surface area (Å²) >= 11 is 6.43. The van der Waals surface area contributed by atoms with E-state index in [4.69, 9.17) is 21.1 Å². The Morgan fingerprint density at radius 3 is 2.41 bits per heavy atom. The number of hydrogen-bond acceptors (Lipinski definition) is 5. The molecule has 6 heteroatoms. The van der Waals surface area contributed by atoms with Crippen LogP contribution in [0.2, 0.25) is 5.02 Å². The number of aliphatic hydroxyl groups excluding tert-OH is 3. The van der Waals surface area contributed by atoms with Gasteiger partial charge in [0, 0.05) is 5.02 Å². The van der Waals surface area contributed by atoms with Gasteiger partial charge in [-0.3, -0.25) is 0 Å². The van der Waals surface area contributed by atoms with Crippen LogP contribution in [0.3, 0.4) is 0 Å². The van der Waals surface area contributed by atoms with Gasteiger partial charge >= 0.3 is 0 Å². The smallest absolute Gasteiger partial charge is 0.119 e. The summed E-state index contributed by atoms with van der Waals surface area (Å²) in [4.78, 5) is 0. The summed E-state index contributed by atoms with van der Waals surface area (Å²) in [5.74, 6) is 0.827. The summed E-state index contributed by atoms with van der Waals surface area (Å²) in [6, 6.07) is 13.4. The zero-order valence-corrected chi connectivity index (χ0v) is 17.2. The first-order valence-electron chi connectivity index (χ1n) is 10.2. The van der Waals surface area contributed by atoms with Gasteiger partial charge in [0.1, 0.15) is 30.2 Å². The van der Waals surface area contributed by atoms with Crippen molar-refractivity contribution in [1.82, 2.24) is 0 Å². The Kier molecular flexibility index (Phi) is 5.87. The monoisotopic (exact) mass is 418 g/mol. The molecule has 29 heavy (non-hydrogen) atoms. The Bertz CT molecular complexity index is 849. The minimum absolute atomic E-state index is 0.623.